The molecule has 0 saturated carbocycles. The number of nitrogens with one attached hydrogen (secondary N) is 1. The van der Waals surface area contributed by atoms with Crippen molar-refractivity contribution in [1.29, 1.82) is 0 Å². The van der Waals surface area contributed by atoms with Crippen molar-refractivity contribution < 1.29 is 50.3 Å². The molecule has 1 N–H and O–H groups in total. The Morgan fingerprint density at radius 1 is 1.05 bits per heavy atom. The number of ether oxygens (including phenoxy) is 1. The molecule has 0 bridgehead atoms. The smallest absolute Gasteiger partial charge is 0.416 e. The lowest BCUT2D eigenvalue weighted by Crippen LogP contribution is -2.39. The highest BCUT2D eigenvalue weighted by Crippen LogP contribution is 2.37. The maximum atomic E-state index is 13.4. The van der Waals surface area contributed by atoms with Crippen LogP contribution < -0.4 is 5.32 Å². The van der Waals surface area contributed by atoms with Crippen LogP contribution in [0.25, 0.3) is 10.9 Å². The molecule has 1 saturated heterocycles. The van der Waals surface area contributed by atoms with Crippen LogP contribution in [0.3, 0.4) is 0 Å². The second kappa shape index (κ2) is 11.5. The zero-order valence-electron chi connectivity index (χ0n) is 22.3. The van der Waals surface area contributed by atoms with Gasteiger partial charge < -0.3 is 14.2 Å². The normalized spacial score (nSPS) is 16.4. The Hall–Kier alpha value is -4.36. The van der Waals surface area contributed by atoms with Crippen LogP contribution in [-0.4, -0.2) is 52.4 Å². The number of hydrogen-bond donors (Lipinski definition) is 1. The SMILES string of the molecule is CN(C(=O)c1cc(C(F)(F)F)cc(C(F)(F)F)c1)C(CCC(=O)OC1CC(=O)NC1=O)Cc1cn(C)c2ccccc12. The van der Waals surface area contributed by atoms with Crippen molar-refractivity contribution in [2.75, 3.05) is 7.05 Å². The van der Waals surface area contributed by atoms with Gasteiger partial charge in [0.15, 0.2) is 6.10 Å². The molecule has 3 aromatic rings. The fraction of sp³-hybridized carbons (Fsp3) is 0.357. The van der Waals surface area contributed by atoms with Crippen molar-refractivity contribution in [3.63, 3.8) is 0 Å². The summed E-state index contributed by atoms with van der Waals surface area (Å²) in [6.07, 6.45) is -10.6. The Morgan fingerprint density at radius 3 is 2.24 bits per heavy atom. The number of imide groups is 1. The Bertz CT molecular complexity index is 1510. The molecule has 0 radical (unpaired) electrons. The minimum absolute atomic E-state index is 0.0652. The Kier molecular flexibility index (Phi) is 8.37. The number of esters is 1. The van der Waals surface area contributed by atoms with Crippen molar-refractivity contribution in [3.05, 3.63) is 70.9 Å². The number of aryl methyl sites for hydroxylation is 1. The van der Waals surface area contributed by atoms with Crippen molar-refractivity contribution in [3.8, 4) is 0 Å². The van der Waals surface area contributed by atoms with Gasteiger partial charge in [-0.3, -0.25) is 24.5 Å². The first-order chi connectivity index (χ1) is 19.5. The third-order valence-corrected chi connectivity index (χ3v) is 7.02. The first-order valence-corrected chi connectivity index (χ1v) is 12.7. The summed E-state index contributed by atoms with van der Waals surface area (Å²) >= 11 is 0. The molecule has 3 amide bonds. The molecule has 2 aromatic carbocycles. The van der Waals surface area contributed by atoms with E-state index in [0.717, 1.165) is 15.8 Å². The summed E-state index contributed by atoms with van der Waals surface area (Å²) in [5.41, 5.74) is -2.54. The first kappa shape index (κ1) is 30.6. The number of halogens is 6. The van der Waals surface area contributed by atoms with Gasteiger partial charge in [-0.25, -0.2) is 0 Å². The van der Waals surface area contributed by atoms with Crippen molar-refractivity contribution in [2.24, 2.45) is 7.05 Å². The number of fused-ring (bicyclic) bond motifs is 1. The minimum Gasteiger partial charge on any atom is -0.452 e. The minimum atomic E-state index is -5.14. The summed E-state index contributed by atoms with van der Waals surface area (Å²) < 4.78 is 87.5. The zero-order valence-corrected chi connectivity index (χ0v) is 22.3. The second-order valence-corrected chi connectivity index (χ2v) is 9.98. The van der Waals surface area contributed by atoms with Crippen LogP contribution in [0.5, 0.6) is 0 Å². The van der Waals surface area contributed by atoms with Gasteiger partial charge in [0, 0.05) is 49.2 Å². The molecule has 14 heteroatoms. The van der Waals surface area contributed by atoms with Gasteiger partial charge in [0.1, 0.15) is 0 Å². The fourth-order valence-electron chi connectivity index (χ4n) is 4.85. The molecule has 2 unspecified atom stereocenters. The van der Waals surface area contributed by atoms with Gasteiger partial charge in [-0.15, -0.1) is 0 Å². The zero-order chi connectivity index (χ0) is 31.0. The van der Waals surface area contributed by atoms with E-state index in [-0.39, 0.29) is 31.7 Å². The highest BCUT2D eigenvalue weighted by Gasteiger charge is 2.38. The predicted octanol–water partition coefficient (Wildman–Crippen LogP) is 4.64. The van der Waals surface area contributed by atoms with E-state index in [1.54, 1.807) is 19.3 Å². The Balaban J connectivity index is 1.64. The van der Waals surface area contributed by atoms with Gasteiger partial charge in [-0.2, -0.15) is 26.3 Å². The van der Waals surface area contributed by atoms with Crippen molar-refractivity contribution in [1.82, 2.24) is 14.8 Å². The lowest BCUT2D eigenvalue weighted by Gasteiger charge is -2.29. The summed E-state index contributed by atoms with van der Waals surface area (Å²) in [4.78, 5) is 50.0. The lowest BCUT2D eigenvalue weighted by atomic mass is 9.98. The monoisotopic (exact) mass is 597 g/mol. The van der Waals surface area contributed by atoms with Crippen LogP contribution >= 0.6 is 0 Å². The predicted molar refractivity (Wildman–Crippen MR) is 136 cm³/mol. The summed E-state index contributed by atoms with van der Waals surface area (Å²) in [6.45, 7) is 0. The molecular weight excluding hydrogens is 572 g/mol. The van der Waals surface area contributed by atoms with E-state index in [0.29, 0.717) is 17.7 Å². The molecule has 2 heterocycles. The number of hydrogen-bond acceptors (Lipinski definition) is 5. The third-order valence-electron chi connectivity index (χ3n) is 7.02. The topological polar surface area (TPSA) is 97.7 Å². The molecule has 224 valence electrons. The van der Waals surface area contributed by atoms with Crippen LogP contribution in [-0.2, 0) is 44.9 Å². The number of aromatic nitrogens is 1. The van der Waals surface area contributed by atoms with Crippen LogP contribution in [0.15, 0.2) is 48.7 Å². The molecule has 2 atom stereocenters. The Morgan fingerprint density at radius 2 is 1.67 bits per heavy atom. The largest absolute Gasteiger partial charge is 0.452 e. The quantitative estimate of drug-likeness (QED) is 0.232. The van der Waals surface area contributed by atoms with E-state index in [1.165, 1.54) is 7.05 Å². The van der Waals surface area contributed by atoms with E-state index in [9.17, 15) is 45.5 Å². The van der Waals surface area contributed by atoms with Crippen LogP contribution in [0.2, 0.25) is 0 Å². The van der Waals surface area contributed by atoms with Gasteiger partial charge in [0.05, 0.1) is 17.5 Å². The van der Waals surface area contributed by atoms with Gasteiger partial charge in [0.25, 0.3) is 11.8 Å². The van der Waals surface area contributed by atoms with E-state index < -0.39 is 64.9 Å². The molecule has 42 heavy (non-hydrogen) atoms. The van der Waals surface area contributed by atoms with Crippen molar-refractivity contribution >= 4 is 34.6 Å². The maximum Gasteiger partial charge on any atom is 0.416 e. The molecular formula is C28H25F6N3O5. The number of rotatable bonds is 8. The molecule has 0 aliphatic carbocycles. The summed E-state index contributed by atoms with van der Waals surface area (Å²) in [7, 11) is 3.00. The number of nitrogens with zero attached hydrogens (tertiary/aromatic N) is 2. The number of para-hydroxylation sites is 1. The van der Waals surface area contributed by atoms with Gasteiger partial charge >= 0.3 is 18.3 Å². The van der Waals surface area contributed by atoms with E-state index in [2.05, 4.69) is 0 Å². The number of alkyl halides is 6. The number of carbonyl (C=O) groups excluding carboxylic acids is 4. The average Bonchev–Trinajstić information content (AvgIpc) is 3.40. The molecule has 4 rings (SSSR count). The molecule has 1 aliphatic rings. The second-order valence-electron chi connectivity index (χ2n) is 9.98. The number of amides is 3. The van der Waals surface area contributed by atoms with Crippen LogP contribution in [0.4, 0.5) is 26.3 Å². The Labute approximate surface area is 235 Å². The van der Waals surface area contributed by atoms with Crippen LogP contribution in [0, 0.1) is 0 Å². The molecule has 8 nitrogen and oxygen atoms in total. The standard InChI is InChI=1S/C28H25F6N3O5/c1-36-14-16(20-5-3-4-6-21(20)36)11-19(7-8-24(39)42-22-13-23(38)35-25(22)40)37(2)26(41)15-9-17(27(29,30)31)12-18(10-15)28(32,33)34/h3-6,9-10,12,14,19,22H,7-8,11,13H2,1-2H3,(H,35,38,40). The number of benzene rings is 2. The summed E-state index contributed by atoms with van der Waals surface area (Å²) in [5, 5.41) is 2.80. The summed E-state index contributed by atoms with van der Waals surface area (Å²) in [5.74, 6) is -3.38. The fourth-order valence-corrected chi connectivity index (χ4v) is 4.85. The van der Waals surface area contributed by atoms with E-state index in [1.807, 2.05) is 28.1 Å². The highest BCUT2D eigenvalue weighted by atomic mass is 19.4. The average molecular weight is 598 g/mol. The molecule has 1 fully saturated rings. The molecule has 1 aliphatic heterocycles. The third kappa shape index (κ3) is 6.74. The van der Waals surface area contributed by atoms with E-state index in [4.69, 9.17) is 4.74 Å². The lowest BCUT2D eigenvalue weighted by molar-refractivity contribution is -0.154. The maximum absolute atomic E-state index is 13.4. The number of likely N-dealkylation sites (N-methyl/N-ethyl adjacent to an activating group) is 1. The van der Waals surface area contributed by atoms with Crippen LogP contribution in [0.1, 0.15) is 46.3 Å². The van der Waals surface area contributed by atoms with E-state index >= 15 is 0 Å². The first-order valence-electron chi connectivity index (χ1n) is 12.7. The van der Waals surface area contributed by atoms with Gasteiger partial charge in [0.2, 0.25) is 5.91 Å². The molecule has 1 aromatic heterocycles. The number of carbonyl (C=O) groups is 4. The van der Waals surface area contributed by atoms with Crippen molar-refractivity contribution in [2.45, 2.75) is 50.2 Å². The van der Waals surface area contributed by atoms with Gasteiger partial charge in [-0.1, -0.05) is 18.2 Å². The molecule has 0 spiro atoms. The summed E-state index contributed by atoms with van der Waals surface area (Å²) in [6, 6.07) is 7.00. The highest BCUT2D eigenvalue weighted by molar-refractivity contribution is 6.05. The van der Waals surface area contributed by atoms with Gasteiger partial charge in [-0.05, 0) is 42.7 Å².